The van der Waals surface area contributed by atoms with Crippen LogP contribution in [0.25, 0.3) is 11.6 Å². The molecule has 2 aromatic rings. The average molecular weight is 217 g/mol. The van der Waals surface area contributed by atoms with Crippen molar-refractivity contribution in [1.29, 1.82) is 0 Å². The molecule has 5 nitrogen and oxygen atoms in total. The van der Waals surface area contributed by atoms with E-state index in [9.17, 15) is 0 Å². The zero-order chi connectivity index (χ0) is 11.5. The van der Waals surface area contributed by atoms with Gasteiger partial charge in [-0.1, -0.05) is 6.92 Å². The molecule has 2 N–H and O–H groups in total. The highest BCUT2D eigenvalue weighted by Gasteiger charge is 2.11. The van der Waals surface area contributed by atoms with Crippen LogP contribution in [0, 0.1) is 6.92 Å². The number of imidazole rings is 1. The summed E-state index contributed by atoms with van der Waals surface area (Å²) in [4.78, 5) is 16.1. The average Bonchev–Trinajstić information content (AvgIpc) is 2.81. The lowest BCUT2D eigenvalue weighted by molar-refractivity contribution is 0.991. The van der Waals surface area contributed by atoms with Crippen LogP contribution in [0.1, 0.15) is 18.2 Å². The number of nitrogens with one attached hydrogen (secondary N) is 2. The number of nitrogens with zero attached hydrogens (tertiary/aromatic N) is 3. The van der Waals surface area contributed by atoms with Gasteiger partial charge in [0.25, 0.3) is 0 Å². The van der Waals surface area contributed by atoms with E-state index in [1.807, 2.05) is 14.0 Å². The van der Waals surface area contributed by atoms with Crippen molar-refractivity contribution in [3.63, 3.8) is 0 Å². The van der Waals surface area contributed by atoms with Gasteiger partial charge in [0.1, 0.15) is 5.82 Å². The second-order valence-corrected chi connectivity index (χ2v) is 3.50. The first kappa shape index (κ1) is 10.6. The number of hydrogen-bond acceptors (Lipinski definition) is 4. The third-order valence-electron chi connectivity index (χ3n) is 2.51. The Morgan fingerprint density at radius 1 is 1.38 bits per heavy atom. The minimum absolute atomic E-state index is 0.629. The molecule has 0 spiro atoms. The molecule has 5 heteroatoms. The second-order valence-electron chi connectivity index (χ2n) is 3.50. The van der Waals surface area contributed by atoms with Gasteiger partial charge in [0.2, 0.25) is 0 Å². The first-order valence-electron chi connectivity index (χ1n) is 5.31. The topological polar surface area (TPSA) is 66.5 Å². The molecule has 0 fully saturated rings. The summed E-state index contributed by atoms with van der Waals surface area (Å²) in [6.45, 7) is 4.09. The van der Waals surface area contributed by atoms with E-state index in [-0.39, 0.29) is 0 Å². The zero-order valence-electron chi connectivity index (χ0n) is 9.70. The quantitative estimate of drug-likeness (QED) is 0.822. The summed E-state index contributed by atoms with van der Waals surface area (Å²) >= 11 is 0. The molecule has 0 aliphatic carbocycles. The molecule has 0 bridgehead atoms. The molecule has 84 valence electrons. The van der Waals surface area contributed by atoms with Gasteiger partial charge in [-0.25, -0.2) is 15.0 Å². The highest BCUT2D eigenvalue weighted by atomic mass is 15.1. The lowest BCUT2D eigenvalue weighted by atomic mass is 10.1. The number of hydrogen-bond donors (Lipinski definition) is 2. The van der Waals surface area contributed by atoms with Gasteiger partial charge < -0.3 is 10.3 Å². The molecule has 0 unspecified atom stereocenters. The van der Waals surface area contributed by atoms with E-state index in [0.29, 0.717) is 11.6 Å². The molecule has 0 atom stereocenters. The fraction of sp³-hybridized carbons (Fsp3) is 0.364. The number of aryl methyl sites for hydroxylation is 1. The number of H-pyrrole nitrogens is 1. The van der Waals surface area contributed by atoms with Gasteiger partial charge in [0, 0.05) is 30.7 Å². The third-order valence-corrected chi connectivity index (χ3v) is 2.51. The van der Waals surface area contributed by atoms with Crippen molar-refractivity contribution in [2.75, 3.05) is 12.4 Å². The Morgan fingerprint density at radius 2 is 2.19 bits per heavy atom. The molecule has 2 rings (SSSR count). The van der Waals surface area contributed by atoms with Crippen LogP contribution in [0.5, 0.6) is 0 Å². The molecule has 16 heavy (non-hydrogen) atoms. The summed E-state index contributed by atoms with van der Waals surface area (Å²) in [5.74, 6) is 2.20. The van der Waals surface area contributed by atoms with E-state index < -0.39 is 0 Å². The Bertz CT molecular complexity index is 475. The van der Waals surface area contributed by atoms with Crippen LogP contribution in [0.3, 0.4) is 0 Å². The van der Waals surface area contributed by atoms with Crippen LogP contribution in [0.15, 0.2) is 12.4 Å². The van der Waals surface area contributed by atoms with Crippen LogP contribution < -0.4 is 5.32 Å². The number of aromatic amines is 1. The maximum atomic E-state index is 4.45. The lowest BCUT2D eigenvalue weighted by Crippen LogP contribution is -2.05. The smallest absolute Gasteiger partial charge is 0.197 e. The zero-order valence-corrected chi connectivity index (χ0v) is 9.70. The first-order valence-corrected chi connectivity index (χ1v) is 5.31. The summed E-state index contributed by atoms with van der Waals surface area (Å²) in [7, 11) is 1.87. The van der Waals surface area contributed by atoms with Crippen molar-refractivity contribution in [2.24, 2.45) is 0 Å². The first-order chi connectivity index (χ1) is 7.76. The maximum Gasteiger partial charge on any atom is 0.197 e. The van der Waals surface area contributed by atoms with Crippen LogP contribution in [-0.4, -0.2) is 27.0 Å². The highest BCUT2D eigenvalue weighted by molar-refractivity contribution is 5.53. The summed E-state index contributed by atoms with van der Waals surface area (Å²) in [5.41, 5.74) is 2.14. The van der Waals surface area contributed by atoms with Crippen molar-refractivity contribution < 1.29 is 0 Å². The molecule has 0 saturated heterocycles. The molecule has 0 aliphatic rings. The van der Waals surface area contributed by atoms with E-state index in [1.165, 1.54) is 0 Å². The molecule has 0 aromatic carbocycles. The summed E-state index contributed by atoms with van der Waals surface area (Å²) in [6.07, 6.45) is 4.38. The summed E-state index contributed by atoms with van der Waals surface area (Å²) < 4.78 is 0. The number of rotatable bonds is 3. The second kappa shape index (κ2) is 4.30. The van der Waals surface area contributed by atoms with Gasteiger partial charge in [-0.2, -0.15) is 0 Å². The molecular formula is C11H15N5. The summed E-state index contributed by atoms with van der Waals surface area (Å²) in [5, 5.41) is 3.10. The van der Waals surface area contributed by atoms with E-state index in [4.69, 9.17) is 0 Å². The van der Waals surface area contributed by atoms with Crippen molar-refractivity contribution >= 4 is 5.82 Å². The minimum atomic E-state index is 0.629. The molecule has 0 saturated carbocycles. The predicted octanol–water partition coefficient (Wildman–Crippen LogP) is 1.78. The molecule has 0 amide bonds. The highest BCUT2D eigenvalue weighted by Crippen LogP contribution is 2.20. The van der Waals surface area contributed by atoms with Gasteiger partial charge in [-0.15, -0.1) is 0 Å². The van der Waals surface area contributed by atoms with Gasteiger partial charge >= 0.3 is 0 Å². The fourth-order valence-corrected chi connectivity index (χ4v) is 1.72. The minimum Gasteiger partial charge on any atom is -0.373 e. The monoisotopic (exact) mass is 217 g/mol. The Hall–Kier alpha value is -1.91. The van der Waals surface area contributed by atoms with Crippen LogP contribution >= 0.6 is 0 Å². The normalized spacial score (nSPS) is 10.4. The predicted molar refractivity (Wildman–Crippen MR) is 63.3 cm³/mol. The lowest BCUT2D eigenvalue weighted by Gasteiger charge is -2.10. The van der Waals surface area contributed by atoms with Crippen molar-refractivity contribution in [1.82, 2.24) is 19.9 Å². The van der Waals surface area contributed by atoms with E-state index in [1.54, 1.807) is 12.4 Å². The Kier molecular flexibility index (Phi) is 2.85. The van der Waals surface area contributed by atoms with Crippen LogP contribution in [-0.2, 0) is 6.42 Å². The molecule has 2 aromatic heterocycles. The molecule has 2 heterocycles. The van der Waals surface area contributed by atoms with Gasteiger partial charge in [-0.05, 0) is 13.3 Å². The maximum absolute atomic E-state index is 4.45. The largest absolute Gasteiger partial charge is 0.373 e. The van der Waals surface area contributed by atoms with Crippen LogP contribution in [0.4, 0.5) is 5.82 Å². The van der Waals surface area contributed by atoms with Crippen molar-refractivity contribution in [3.05, 3.63) is 23.7 Å². The molecular weight excluding hydrogens is 202 g/mol. The molecule has 0 aliphatic heterocycles. The SMILES string of the molecule is CCc1c(C)nc(-c2ncc[nH]2)nc1NC. The van der Waals surface area contributed by atoms with E-state index in [2.05, 4.69) is 32.2 Å². The van der Waals surface area contributed by atoms with E-state index in [0.717, 1.165) is 23.5 Å². The van der Waals surface area contributed by atoms with Crippen molar-refractivity contribution in [2.45, 2.75) is 20.3 Å². The van der Waals surface area contributed by atoms with Gasteiger partial charge in [0.15, 0.2) is 11.6 Å². The van der Waals surface area contributed by atoms with Gasteiger partial charge in [0.05, 0.1) is 0 Å². The van der Waals surface area contributed by atoms with Gasteiger partial charge in [-0.3, -0.25) is 0 Å². The summed E-state index contributed by atoms with van der Waals surface area (Å²) in [6, 6.07) is 0. The fourth-order valence-electron chi connectivity index (χ4n) is 1.72. The Balaban J connectivity index is 2.54. The number of anilines is 1. The Labute approximate surface area is 94.4 Å². The van der Waals surface area contributed by atoms with Crippen LogP contribution in [0.2, 0.25) is 0 Å². The van der Waals surface area contributed by atoms with E-state index >= 15 is 0 Å². The van der Waals surface area contributed by atoms with Crippen molar-refractivity contribution in [3.8, 4) is 11.6 Å². The standard InChI is InChI=1S/C11H15N5/c1-4-8-7(2)15-11(16-9(8)12-3)10-13-5-6-14-10/h5-6H,4H2,1-3H3,(H,13,14)(H,12,15,16). The number of aromatic nitrogens is 4. The Morgan fingerprint density at radius 3 is 2.75 bits per heavy atom. The third kappa shape index (κ3) is 1.76. The molecule has 0 radical (unpaired) electrons.